The number of hydrogen-bond acceptors (Lipinski definition) is 8. The lowest BCUT2D eigenvalue weighted by molar-refractivity contribution is 0.122. The van der Waals surface area contributed by atoms with Crippen LogP contribution in [0.4, 0.5) is 11.6 Å². The Bertz CT molecular complexity index is 1330. The van der Waals surface area contributed by atoms with Crippen LogP contribution in [0.1, 0.15) is 11.6 Å². The number of hydrogen-bond donors (Lipinski definition) is 1. The maximum absolute atomic E-state index is 5.58. The van der Waals surface area contributed by atoms with E-state index in [2.05, 4.69) is 33.5 Å². The molecule has 172 valence electrons. The number of pyridine rings is 1. The zero-order valence-electron chi connectivity index (χ0n) is 18.8. The van der Waals surface area contributed by atoms with Crippen LogP contribution in [0.5, 0.6) is 5.75 Å². The number of ether oxygens (including phenoxy) is 2. The van der Waals surface area contributed by atoms with Gasteiger partial charge in [-0.15, -0.1) is 0 Å². The van der Waals surface area contributed by atoms with Crippen molar-refractivity contribution in [3.8, 4) is 17.0 Å². The summed E-state index contributed by atoms with van der Waals surface area (Å²) in [6.07, 6.45) is 7.72. The molecule has 9 nitrogen and oxygen atoms in total. The van der Waals surface area contributed by atoms with Crippen LogP contribution in [-0.2, 0) is 4.74 Å². The van der Waals surface area contributed by atoms with Crippen LogP contribution in [-0.4, -0.2) is 53.0 Å². The molecular formula is C25H25N7O2. The van der Waals surface area contributed by atoms with Crippen LogP contribution in [0, 0.1) is 0 Å². The summed E-state index contributed by atoms with van der Waals surface area (Å²) in [6, 6.07) is 16.1. The fourth-order valence-electron chi connectivity index (χ4n) is 4.31. The van der Waals surface area contributed by atoms with Gasteiger partial charge in [-0.25, -0.2) is 10.4 Å². The van der Waals surface area contributed by atoms with Gasteiger partial charge in [0.05, 0.1) is 32.1 Å². The lowest BCUT2D eigenvalue weighted by atomic mass is 10.1. The van der Waals surface area contributed by atoms with E-state index in [1.54, 1.807) is 13.3 Å². The Morgan fingerprint density at radius 2 is 2.00 bits per heavy atom. The van der Waals surface area contributed by atoms with E-state index < -0.39 is 0 Å². The minimum absolute atomic E-state index is 0.0239. The Balaban J connectivity index is 1.37. The third-order valence-electron chi connectivity index (χ3n) is 6.09. The van der Waals surface area contributed by atoms with Crippen LogP contribution >= 0.6 is 0 Å². The quantitative estimate of drug-likeness (QED) is 0.492. The topological polar surface area (TPSA) is 80.1 Å². The first-order chi connectivity index (χ1) is 16.8. The Hall–Kier alpha value is -3.95. The van der Waals surface area contributed by atoms with Crippen molar-refractivity contribution in [2.45, 2.75) is 6.04 Å². The second-order valence-electron chi connectivity index (χ2n) is 8.21. The van der Waals surface area contributed by atoms with Crippen molar-refractivity contribution in [2.75, 3.05) is 43.3 Å². The van der Waals surface area contributed by atoms with E-state index in [0.29, 0.717) is 13.2 Å². The molecule has 6 rings (SSSR count). The summed E-state index contributed by atoms with van der Waals surface area (Å²) in [7, 11) is 1.68. The molecule has 2 aliphatic rings. The van der Waals surface area contributed by atoms with Gasteiger partial charge in [-0.3, -0.25) is 9.99 Å². The first-order valence-electron chi connectivity index (χ1n) is 11.3. The van der Waals surface area contributed by atoms with Crippen molar-refractivity contribution in [2.24, 2.45) is 0 Å². The summed E-state index contributed by atoms with van der Waals surface area (Å²) in [5.41, 5.74) is 7.22. The third kappa shape index (κ3) is 3.85. The van der Waals surface area contributed by atoms with Gasteiger partial charge in [-0.05, 0) is 35.9 Å². The molecule has 1 N–H and O–H groups in total. The van der Waals surface area contributed by atoms with Gasteiger partial charge in [0.15, 0.2) is 11.5 Å². The number of hydrazine groups is 1. The molecule has 1 fully saturated rings. The van der Waals surface area contributed by atoms with E-state index in [-0.39, 0.29) is 6.04 Å². The second-order valence-corrected chi connectivity index (χ2v) is 8.21. The van der Waals surface area contributed by atoms with Crippen molar-refractivity contribution >= 4 is 17.3 Å². The lowest BCUT2D eigenvalue weighted by Gasteiger charge is -2.29. The number of morpholine rings is 1. The molecule has 1 atom stereocenters. The fraction of sp³-hybridized carbons (Fsp3) is 0.240. The molecule has 9 heteroatoms. The van der Waals surface area contributed by atoms with Crippen LogP contribution in [0.25, 0.3) is 16.9 Å². The molecule has 1 saturated heterocycles. The maximum Gasteiger partial charge on any atom is 0.160 e. The SMILES string of the molecule is COc1cccc(C2C=CN(c3cc(N4CCOCC4)n4nc(-c5cccnc5)cc4n3)N2)c1. The molecule has 0 spiro atoms. The molecular weight excluding hydrogens is 430 g/mol. The minimum Gasteiger partial charge on any atom is -0.497 e. The second kappa shape index (κ2) is 8.77. The normalized spacial score (nSPS) is 18.1. The highest BCUT2D eigenvalue weighted by Crippen LogP contribution is 2.30. The fourth-order valence-corrected chi connectivity index (χ4v) is 4.31. The number of aromatic nitrogens is 4. The van der Waals surface area contributed by atoms with Gasteiger partial charge in [0.25, 0.3) is 0 Å². The standard InChI is InChI=1S/C25H25N7O2/c1-33-20-6-2-4-18(14-20)21-7-9-31(28-21)23-16-25(30-10-12-34-13-11-30)32-24(27-23)15-22(29-32)19-5-3-8-26-17-19/h2-9,14-17,21,28H,10-13H2,1H3. The number of rotatable bonds is 5. The number of nitrogens with zero attached hydrogens (tertiary/aromatic N) is 6. The van der Waals surface area contributed by atoms with Crippen LogP contribution in [0.3, 0.4) is 0 Å². The van der Waals surface area contributed by atoms with Gasteiger partial charge in [0.1, 0.15) is 11.6 Å². The molecule has 1 aromatic carbocycles. The summed E-state index contributed by atoms with van der Waals surface area (Å²) < 4.78 is 12.9. The van der Waals surface area contributed by atoms with Gasteiger partial charge >= 0.3 is 0 Å². The number of nitrogens with one attached hydrogen (secondary N) is 1. The van der Waals surface area contributed by atoms with Gasteiger partial charge in [0, 0.05) is 49.4 Å². The van der Waals surface area contributed by atoms with Crippen molar-refractivity contribution in [1.82, 2.24) is 25.0 Å². The van der Waals surface area contributed by atoms with E-state index >= 15 is 0 Å². The summed E-state index contributed by atoms with van der Waals surface area (Å²) in [6.45, 7) is 2.98. The Morgan fingerprint density at radius 3 is 2.82 bits per heavy atom. The van der Waals surface area contributed by atoms with Crippen LogP contribution < -0.4 is 20.1 Å². The van der Waals surface area contributed by atoms with E-state index in [9.17, 15) is 0 Å². The summed E-state index contributed by atoms with van der Waals surface area (Å²) in [5.74, 6) is 2.62. The highest BCUT2D eigenvalue weighted by Gasteiger charge is 2.23. The zero-order valence-corrected chi connectivity index (χ0v) is 18.8. The molecule has 2 aliphatic heterocycles. The lowest BCUT2D eigenvalue weighted by Crippen LogP contribution is -2.38. The number of anilines is 2. The molecule has 1 unspecified atom stereocenters. The predicted molar refractivity (Wildman–Crippen MR) is 130 cm³/mol. The van der Waals surface area contributed by atoms with E-state index in [1.807, 2.05) is 58.3 Å². The van der Waals surface area contributed by atoms with Crippen molar-refractivity contribution in [3.63, 3.8) is 0 Å². The first kappa shape index (κ1) is 20.6. The highest BCUT2D eigenvalue weighted by molar-refractivity contribution is 5.68. The predicted octanol–water partition coefficient (Wildman–Crippen LogP) is 3.22. The monoisotopic (exact) mass is 455 g/mol. The average molecular weight is 456 g/mol. The summed E-state index contributed by atoms with van der Waals surface area (Å²) in [5, 5.41) is 6.83. The molecule has 34 heavy (non-hydrogen) atoms. The Morgan fingerprint density at radius 1 is 1.09 bits per heavy atom. The Kier molecular flexibility index (Phi) is 5.32. The Labute approximate surface area is 197 Å². The van der Waals surface area contributed by atoms with Gasteiger partial charge in [0.2, 0.25) is 0 Å². The third-order valence-corrected chi connectivity index (χ3v) is 6.09. The molecule has 5 heterocycles. The summed E-state index contributed by atoms with van der Waals surface area (Å²) in [4.78, 5) is 11.5. The molecule has 4 aromatic rings. The van der Waals surface area contributed by atoms with E-state index in [0.717, 1.165) is 52.9 Å². The van der Waals surface area contributed by atoms with Gasteiger partial charge in [-0.1, -0.05) is 12.1 Å². The van der Waals surface area contributed by atoms with Gasteiger partial charge < -0.3 is 14.4 Å². The molecule has 0 radical (unpaired) electrons. The van der Waals surface area contributed by atoms with E-state index in [4.69, 9.17) is 19.6 Å². The largest absolute Gasteiger partial charge is 0.497 e. The van der Waals surface area contributed by atoms with Crippen molar-refractivity contribution in [3.05, 3.63) is 78.8 Å². The van der Waals surface area contributed by atoms with Gasteiger partial charge in [-0.2, -0.15) is 9.61 Å². The molecule has 0 amide bonds. The minimum atomic E-state index is 0.0239. The first-order valence-corrected chi connectivity index (χ1v) is 11.3. The van der Waals surface area contributed by atoms with Crippen LogP contribution in [0.15, 0.2) is 73.2 Å². The van der Waals surface area contributed by atoms with Crippen molar-refractivity contribution in [1.29, 1.82) is 0 Å². The molecule has 3 aromatic heterocycles. The maximum atomic E-state index is 5.58. The smallest absolute Gasteiger partial charge is 0.160 e. The highest BCUT2D eigenvalue weighted by atomic mass is 16.5. The van der Waals surface area contributed by atoms with Crippen molar-refractivity contribution < 1.29 is 9.47 Å². The number of fused-ring (bicyclic) bond motifs is 1. The summed E-state index contributed by atoms with van der Waals surface area (Å²) >= 11 is 0. The van der Waals surface area contributed by atoms with Crippen LogP contribution in [0.2, 0.25) is 0 Å². The average Bonchev–Trinajstić information content (AvgIpc) is 3.57. The molecule has 0 saturated carbocycles. The molecule has 0 bridgehead atoms. The number of benzene rings is 1. The van der Waals surface area contributed by atoms with E-state index in [1.165, 1.54) is 0 Å². The zero-order chi connectivity index (χ0) is 22.9. The molecule has 0 aliphatic carbocycles. The number of methoxy groups -OCH3 is 1.